The van der Waals surface area contributed by atoms with Crippen molar-refractivity contribution in [3.05, 3.63) is 22.2 Å². The van der Waals surface area contributed by atoms with E-state index in [4.69, 9.17) is 0 Å². The first kappa shape index (κ1) is 12.2. The Morgan fingerprint density at radius 3 is 2.65 bits per heavy atom. The molecule has 1 aromatic rings. The summed E-state index contributed by atoms with van der Waals surface area (Å²) in [6.45, 7) is 1.81. The van der Waals surface area contributed by atoms with Crippen LogP contribution in [-0.2, 0) is 4.74 Å². The zero-order valence-corrected chi connectivity index (χ0v) is 11.2. The summed E-state index contributed by atoms with van der Waals surface area (Å²) in [4.78, 5) is 13.6. The van der Waals surface area contributed by atoms with Crippen molar-refractivity contribution < 1.29 is 14.6 Å². The molecule has 1 aromatic carbocycles. The number of phenolic OH excluding ortho intramolecular Hbond substituents is 1. The van der Waals surface area contributed by atoms with E-state index in [2.05, 4.69) is 25.6 Å². The molecule has 1 N–H and O–H groups in total. The fourth-order valence-corrected chi connectivity index (χ4v) is 2.50. The lowest BCUT2D eigenvalue weighted by atomic mass is 10.1. The number of benzene rings is 1. The van der Waals surface area contributed by atoms with Crippen molar-refractivity contribution in [3.8, 4) is 5.75 Å². The number of nitrogens with zero attached hydrogens (tertiary/aromatic N) is 1. The third kappa shape index (κ3) is 2.39. The predicted molar refractivity (Wildman–Crippen MR) is 68.6 cm³/mol. The summed E-state index contributed by atoms with van der Waals surface area (Å²) in [5.41, 5.74) is 0.890. The number of rotatable bonds is 2. The van der Waals surface area contributed by atoms with E-state index in [1.165, 1.54) is 7.11 Å². The van der Waals surface area contributed by atoms with Crippen LogP contribution in [0.2, 0.25) is 0 Å². The number of esters is 1. The molecule has 0 radical (unpaired) electrons. The van der Waals surface area contributed by atoms with Gasteiger partial charge in [-0.1, -0.05) is 15.9 Å². The number of carbonyl (C=O) groups is 1. The van der Waals surface area contributed by atoms with Crippen molar-refractivity contribution in [1.29, 1.82) is 0 Å². The maximum absolute atomic E-state index is 11.5. The van der Waals surface area contributed by atoms with Gasteiger partial charge in [0.25, 0.3) is 0 Å². The van der Waals surface area contributed by atoms with E-state index >= 15 is 0 Å². The highest BCUT2D eigenvalue weighted by molar-refractivity contribution is 9.10. The van der Waals surface area contributed by atoms with Gasteiger partial charge in [-0.05, 0) is 25.0 Å². The molecule has 0 saturated carbocycles. The largest absolute Gasteiger partial charge is 0.505 e. The van der Waals surface area contributed by atoms with E-state index in [9.17, 15) is 9.90 Å². The molecule has 1 heterocycles. The fourth-order valence-electron chi connectivity index (χ4n) is 2.05. The molecule has 5 heteroatoms. The summed E-state index contributed by atoms with van der Waals surface area (Å²) in [6, 6.07) is 3.40. The number of carbonyl (C=O) groups excluding carboxylic acids is 1. The first-order valence-corrected chi connectivity index (χ1v) is 6.28. The molecule has 0 spiro atoms. The second kappa shape index (κ2) is 4.96. The van der Waals surface area contributed by atoms with Gasteiger partial charge in [-0.15, -0.1) is 0 Å². The normalized spacial score (nSPS) is 15.1. The topological polar surface area (TPSA) is 49.8 Å². The number of hydrogen-bond donors (Lipinski definition) is 1. The van der Waals surface area contributed by atoms with Crippen LogP contribution in [0, 0.1) is 0 Å². The molecule has 1 fully saturated rings. The van der Waals surface area contributed by atoms with Gasteiger partial charge in [-0.2, -0.15) is 0 Å². The molecule has 4 nitrogen and oxygen atoms in total. The average molecular weight is 300 g/mol. The van der Waals surface area contributed by atoms with Crippen LogP contribution >= 0.6 is 15.9 Å². The molecule has 1 saturated heterocycles. The van der Waals surface area contributed by atoms with Crippen LogP contribution in [0.15, 0.2) is 16.6 Å². The smallest absolute Gasteiger partial charge is 0.341 e. The summed E-state index contributed by atoms with van der Waals surface area (Å²) in [5.74, 6) is -0.522. The Hall–Kier alpha value is -1.23. The van der Waals surface area contributed by atoms with Crippen LogP contribution in [0.25, 0.3) is 0 Å². The Morgan fingerprint density at radius 1 is 1.41 bits per heavy atom. The van der Waals surface area contributed by atoms with Crippen molar-refractivity contribution >= 4 is 27.6 Å². The Bertz CT molecular complexity index is 442. The Morgan fingerprint density at radius 2 is 2.06 bits per heavy atom. The number of anilines is 1. The van der Waals surface area contributed by atoms with E-state index in [0.29, 0.717) is 5.69 Å². The molecule has 0 atom stereocenters. The number of ether oxygens (including phenoxy) is 1. The zero-order valence-electron chi connectivity index (χ0n) is 9.57. The molecule has 0 unspecified atom stereocenters. The lowest BCUT2D eigenvalue weighted by molar-refractivity contribution is 0.0597. The van der Waals surface area contributed by atoms with E-state index in [1.807, 2.05) is 6.07 Å². The van der Waals surface area contributed by atoms with Crippen LogP contribution < -0.4 is 4.90 Å². The van der Waals surface area contributed by atoms with Crippen molar-refractivity contribution in [2.24, 2.45) is 0 Å². The molecule has 17 heavy (non-hydrogen) atoms. The number of phenols is 1. The SMILES string of the molecule is COC(=O)c1cc(Br)cc(N2CCCC2)c1O. The molecule has 0 aliphatic carbocycles. The van der Waals surface area contributed by atoms with Gasteiger partial charge in [-0.25, -0.2) is 4.79 Å². The third-order valence-electron chi connectivity index (χ3n) is 2.91. The summed E-state index contributed by atoms with van der Waals surface area (Å²) in [5, 5.41) is 10.1. The first-order valence-electron chi connectivity index (χ1n) is 5.49. The highest BCUT2D eigenvalue weighted by Gasteiger charge is 2.21. The summed E-state index contributed by atoms with van der Waals surface area (Å²) in [6.07, 6.45) is 2.22. The Balaban J connectivity index is 2.45. The lowest BCUT2D eigenvalue weighted by Crippen LogP contribution is -2.18. The molecule has 0 bridgehead atoms. The van der Waals surface area contributed by atoms with Crippen LogP contribution in [0.3, 0.4) is 0 Å². The van der Waals surface area contributed by atoms with Crippen LogP contribution in [-0.4, -0.2) is 31.3 Å². The first-order chi connectivity index (χ1) is 8.13. The van der Waals surface area contributed by atoms with Crippen molar-refractivity contribution in [2.45, 2.75) is 12.8 Å². The molecule has 1 aliphatic rings. The van der Waals surface area contributed by atoms with Crippen LogP contribution in [0.4, 0.5) is 5.69 Å². The second-order valence-electron chi connectivity index (χ2n) is 4.01. The number of methoxy groups -OCH3 is 1. The second-order valence-corrected chi connectivity index (χ2v) is 4.92. The minimum Gasteiger partial charge on any atom is -0.505 e. The van der Waals surface area contributed by atoms with Gasteiger partial charge in [-0.3, -0.25) is 0 Å². The third-order valence-corrected chi connectivity index (χ3v) is 3.36. The van der Waals surface area contributed by atoms with E-state index < -0.39 is 5.97 Å². The highest BCUT2D eigenvalue weighted by atomic mass is 79.9. The maximum atomic E-state index is 11.5. The van der Waals surface area contributed by atoms with Gasteiger partial charge in [0.15, 0.2) is 5.75 Å². The van der Waals surface area contributed by atoms with E-state index in [0.717, 1.165) is 30.4 Å². The molecule has 0 amide bonds. The molecule has 2 rings (SSSR count). The molecular weight excluding hydrogens is 286 g/mol. The average Bonchev–Trinajstić information content (AvgIpc) is 2.84. The van der Waals surface area contributed by atoms with Gasteiger partial charge in [0.2, 0.25) is 0 Å². The molecule has 92 valence electrons. The number of hydrogen-bond acceptors (Lipinski definition) is 4. The summed E-state index contributed by atoms with van der Waals surface area (Å²) < 4.78 is 5.41. The number of halogens is 1. The van der Waals surface area contributed by atoms with Gasteiger partial charge in [0.1, 0.15) is 5.56 Å². The zero-order chi connectivity index (χ0) is 12.4. The molecule has 1 aliphatic heterocycles. The van der Waals surface area contributed by atoms with E-state index in [1.54, 1.807) is 6.07 Å². The van der Waals surface area contributed by atoms with Crippen molar-refractivity contribution in [3.63, 3.8) is 0 Å². The van der Waals surface area contributed by atoms with Crippen molar-refractivity contribution in [1.82, 2.24) is 0 Å². The maximum Gasteiger partial charge on any atom is 0.341 e. The highest BCUT2D eigenvalue weighted by Crippen LogP contribution is 2.36. The molecule has 0 aromatic heterocycles. The summed E-state index contributed by atoms with van der Waals surface area (Å²) >= 11 is 3.35. The monoisotopic (exact) mass is 299 g/mol. The quantitative estimate of drug-likeness (QED) is 0.853. The fraction of sp³-hybridized carbons (Fsp3) is 0.417. The minimum atomic E-state index is -0.524. The van der Waals surface area contributed by atoms with Gasteiger partial charge in [0, 0.05) is 17.6 Å². The van der Waals surface area contributed by atoms with Gasteiger partial charge in [0.05, 0.1) is 12.8 Å². The van der Waals surface area contributed by atoms with Crippen molar-refractivity contribution in [2.75, 3.05) is 25.1 Å². The number of aromatic hydroxyl groups is 1. The minimum absolute atomic E-state index is 0.00181. The van der Waals surface area contributed by atoms with Crippen LogP contribution in [0.5, 0.6) is 5.75 Å². The Labute approximate surface area is 108 Å². The van der Waals surface area contributed by atoms with Crippen LogP contribution in [0.1, 0.15) is 23.2 Å². The standard InChI is InChI=1S/C12H14BrNO3/c1-17-12(16)9-6-8(13)7-10(11(9)15)14-4-2-3-5-14/h6-7,15H,2-5H2,1H3. The summed E-state index contributed by atoms with van der Waals surface area (Å²) in [7, 11) is 1.30. The van der Waals surface area contributed by atoms with Gasteiger partial charge < -0.3 is 14.7 Å². The predicted octanol–water partition coefficient (Wildman–Crippen LogP) is 2.54. The lowest BCUT2D eigenvalue weighted by Gasteiger charge is -2.20. The van der Waals surface area contributed by atoms with E-state index in [-0.39, 0.29) is 11.3 Å². The van der Waals surface area contributed by atoms with Gasteiger partial charge >= 0.3 is 5.97 Å². The molecular formula is C12H14BrNO3. The Kier molecular flexibility index (Phi) is 3.57.